The number of allylic oxidation sites excluding steroid dienone is 4. The van der Waals surface area contributed by atoms with Gasteiger partial charge >= 0.3 is 0 Å². The van der Waals surface area contributed by atoms with Crippen LogP contribution >= 0.6 is 0 Å². The molecule has 0 nitrogen and oxygen atoms in total. The largest absolute Gasteiger partial charge is 0.0729 e. The lowest BCUT2D eigenvalue weighted by atomic mass is 9.92. The van der Waals surface area contributed by atoms with Crippen LogP contribution in [0.15, 0.2) is 48.6 Å². The fourth-order valence-electron chi connectivity index (χ4n) is 2.42. The van der Waals surface area contributed by atoms with Gasteiger partial charge in [-0.1, -0.05) is 54.1 Å². The zero-order valence-corrected chi connectivity index (χ0v) is 8.20. The molecule has 0 aromatic heterocycles. The predicted octanol–water partition coefficient (Wildman–Crippen LogP) is 1.76. The van der Waals surface area contributed by atoms with Crippen LogP contribution in [0.1, 0.15) is 6.92 Å². The second-order valence-electron chi connectivity index (χ2n) is 3.91. The highest BCUT2D eigenvalue weighted by molar-refractivity contribution is 5.79. The molecule has 1 atom stereocenters. The molecule has 0 radical (unpaired) electrons. The van der Waals surface area contributed by atoms with Crippen molar-refractivity contribution in [1.29, 1.82) is 0 Å². The molecule has 0 fully saturated rings. The molecule has 2 aliphatic carbocycles. The van der Waals surface area contributed by atoms with Gasteiger partial charge in [0.1, 0.15) is 0 Å². The van der Waals surface area contributed by atoms with E-state index in [1.807, 2.05) is 0 Å². The Morgan fingerprint density at radius 1 is 1.00 bits per heavy atom. The lowest BCUT2D eigenvalue weighted by molar-refractivity contribution is 1.11. The first-order valence-corrected chi connectivity index (χ1v) is 5.03. The Hall–Kier alpha value is -1.56. The number of rotatable bonds is 0. The van der Waals surface area contributed by atoms with E-state index in [9.17, 15) is 0 Å². The van der Waals surface area contributed by atoms with E-state index >= 15 is 0 Å². The molecule has 0 saturated carbocycles. The van der Waals surface area contributed by atoms with E-state index in [2.05, 4.69) is 55.5 Å². The molecule has 0 aliphatic heterocycles. The van der Waals surface area contributed by atoms with Gasteiger partial charge in [0.2, 0.25) is 0 Å². The molecule has 68 valence electrons. The molecular formula is C14H12. The third kappa shape index (κ3) is 0.884. The molecule has 0 spiro atoms. The van der Waals surface area contributed by atoms with Crippen molar-refractivity contribution in [3.8, 4) is 0 Å². The summed E-state index contributed by atoms with van der Waals surface area (Å²) in [6.45, 7) is 2.24. The van der Waals surface area contributed by atoms with Crippen molar-refractivity contribution in [3.63, 3.8) is 0 Å². The first-order chi connectivity index (χ1) is 6.88. The zero-order valence-electron chi connectivity index (χ0n) is 8.20. The van der Waals surface area contributed by atoms with Crippen molar-refractivity contribution in [1.82, 2.24) is 0 Å². The lowest BCUT2D eigenvalue weighted by Gasteiger charge is -2.12. The molecule has 1 unspecified atom stereocenters. The first kappa shape index (κ1) is 7.81. The fourth-order valence-corrected chi connectivity index (χ4v) is 2.42. The van der Waals surface area contributed by atoms with Gasteiger partial charge in [-0.3, -0.25) is 0 Å². The summed E-state index contributed by atoms with van der Waals surface area (Å²) >= 11 is 0. The van der Waals surface area contributed by atoms with Crippen LogP contribution in [0.3, 0.4) is 0 Å². The Morgan fingerprint density at radius 3 is 2.64 bits per heavy atom. The van der Waals surface area contributed by atoms with Crippen LogP contribution in [0.4, 0.5) is 0 Å². The van der Waals surface area contributed by atoms with Gasteiger partial charge in [-0.25, -0.2) is 0 Å². The number of hydrogen-bond donors (Lipinski definition) is 0. The number of benzene rings is 1. The molecule has 1 aromatic rings. The van der Waals surface area contributed by atoms with Gasteiger partial charge in [0.25, 0.3) is 0 Å². The van der Waals surface area contributed by atoms with Crippen molar-refractivity contribution in [3.05, 3.63) is 59.0 Å². The second-order valence-corrected chi connectivity index (χ2v) is 3.91. The number of hydrogen-bond acceptors (Lipinski definition) is 0. The molecule has 1 aromatic carbocycles. The smallest absolute Gasteiger partial charge is 0.0244 e. The summed E-state index contributed by atoms with van der Waals surface area (Å²) in [5.41, 5.74) is 2.94. The molecular weight excluding hydrogens is 168 g/mol. The molecule has 0 heterocycles. The first-order valence-electron chi connectivity index (χ1n) is 5.03. The van der Waals surface area contributed by atoms with Crippen LogP contribution in [0, 0.1) is 5.92 Å². The number of fused-ring (bicyclic) bond motifs is 2. The van der Waals surface area contributed by atoms with E-state index in [4.69, 9.17) is 0 Å². The van der Waals surface area contributed by atoms with E-state index in [0.717, 1.165) is 0 Å². The standard InChI is InChI=1S/C14H12/c1-10-11-6-2-4-8-13(11)14-9-5-3-7-12(10)14/h2-9,11H,1H3. The Balaban J connectivity index is 2.49. The molecule has 14 heavy (non-hydrogen) atoms. The molecule has 3 rings (SSSR count). The Labute approximate surface area is 83.6 Å². The Morgan fingerprint density at radius 2 is 1.79 bits per heavy atom. The Kier molecular flexibility index (Phi) is 1.51. The second kappa shape index (κ2) is 2.71. The maximum absolute atomic E-state index is 2.28. The summed E-state index contributed by atoms with van der Waals surface area (Å²) in [6.07, 6.45) is 8.79. The highest BCUT2D eigenvalue weighted by Crippen LogP contribution is 2.28. The van der Waals surface area contributed by atoms with E-state index in [0.29, 0.717) is 5.92 Å². The highest BCUT2D eigenvalue weighted by Gasteiger charge is 2.19. The van der Waals surface area contributed by atoms with Crippen LogP contribution in [0.25, 0.3) is 11.1 Å². The van der Waals surface area contributed by atoms with Crippen LogP contribution in [-0.2, 0) is 0 Å². The van der Waals surface area contributed by atoms with E-state index in [-0.39, 0.29) is 0 Å². The maximum atomic E-state index is 2.28. The summed E-state index contributed by atoms with van der Waals surface area (Å²) < 4.78 is 0. The van der Waals surface area contributed by atoms with Gasteiger partial charge in [0, 0.05) is 5.92 Å². The van der Waals surface area contributed by atoms with Crippen molar-refractivity contribution < 1.29 is 0 Å². The molecule has 0 N–H and O–H groups in total. The molecule has 0 heteroatoms. The quantitative estimate of drug-likeness (QED) is 0.570. The highest BCUT2D eigenvalue weighted by atomic mass is 14.2. The van der Waals surface area contributed by atoms with Gasteiger partial charge in [-0.15, -0.1) is 0 Å². The third-order valence-corrected chi connectivity index (χ3v) is 3.15. The van der Waals surface area contributed by atoms with E-state index in [1.165, 1.54) is 21.6 Å². The topological polar surface area (TPSA) is 0 Å². The monoisotopic (exact) mass is 180 g/mol. The van der Waals surface area contributed by atoms with Crippen molar-refractivity contribution in [2.45, 2.75) is 6.92 Å². The van der Waals surface area contributed by atoms with Crippen LogP contribution in [0.2, 0.25) is 0 Å². The predicted molar refractivity (Wildman–Crippen MR) is 60.0 cm³/mol. The summed E-state index contributed by atoms with van der Waals surface area (Å²) in [7, 11) is 0. The maximum Gasteiger partial charge on any atom is 0.0244 e. The van der Waals surface area contributed by atoms with Crippen molar-refractivity contribution >= 4 is 11.1 Å². The lowest BCUT2D eigenvalue weighted by Crippen LogP contribution is -2.22. The SMILES string of the molecule is CC1=c2ccccc2=C2C=CC=CC12. The summed E-state index contributed by atoms with van der Waals surface area (Å²) in [6, 6.07) is 8.68. The fraction of sp³-hybridized carbons (Fsp3) is 0.143. The molecule has 0 bridgehead atoms. The van der Waals surface area contributed by atoms with Gasteiger partial charge in [0.05, 0.1) is 0 Å². The summed E-state index contributed by atoms with van der Waals surface area (Å²) in [5.74, 6) is 0.525. The third-order valence-electron chi connectivity index (χ3n) is 3.15. The normalized spacial score (nSPS) is 22.5. The van der Waals surface area contributed by atoms with Crippen molar-refractivity contribution in [2.75, 3.05) is 0 Å². The minimum atomic E-state index is 0.525. The van der Waals surface area contributed by atoms with E-state index < -0.39 is 0 Å². The molecule has 2 aliphatic rings. The zero-order chi connectivity index (χ0) is 9.54. The molecule has 0 amide bonds. The average molecular weight is 180 g/mol. The van der Waals surface area contributed by atoms with Crippen LogP contribution in [0.5, 0.6) is 0 Å². The molecule has 0 saturated heterocycles. The van der Waals surface area contributed by atoms with Crippen molar-refractivity contribution in [2.24, 2.45) is 5.92 Å². The minimum absolute atomic E-state index is 0.525. The average Bonchev–Trinajstić information content (AvgIpc) is 2.55. The van der Waals surface area contributed by atoms with Gasteiger partial charge in [-0.2, -0.15) is 0 Å². The van der Waals surface area contributed by atoms with Gasteiger partial charge in [-0.05, 0) is 22.9 Å². The van der Waals surface area contributed by atoms with Gasteiger partial charge < -0.3 is 0 Å². The van der Waals surface area contributed by atoms with Crippen LogP contribution in [-0.4, -0.2) is 0 Å². The van der Waals surface area contributed by atoms with E-state index in [1.54, 1.807) is 0 Å². The van der Waals surface area contributed by atoms with Gasteiger partial charge in [0.15, 0.2) is 0 Å². The summed E-state index contributed by atoms with van der Waals surface area (Å²) in [5, 5.41) is 2.83. The van der Waals surface area contributed by atoms with Crippen LogP contribution < -0.4 is 10.4 Å². The summed E-state index contributed by atoms with van der Waals surface area (Å²) in [4.78, 5) is 0. The minimum Gasteiger partial charge on any atom is -0.0729 e. The Bertz CT molecular complexity index is 556.